The van der Waals surface area contributed by atoms with Gasteiger partial charge in [0, 0.05) is 6.42 Å². The van der Waals surface area contributed by atoms with Crippen LogP contribution in [0.4, 0.5) is 13.2 Å². The largest absolute Gasteiger partial charge is 0.497 e. The zero-order valence-corrected chi connectivity index (χ0v) is 9.69. The molecular formula is C11H12ClF3O. The van der Waals surface area contributed by atoms with Gasteiger partial charge in [0.15, 0.2) is 0 Å². The number of methoxy groups -OCH3 is 1. The molecule has 0 aliphatic rings. The summed E-state index contributed by atoms with van der Waals surface area (Å²) in [6.45, 7) is 1.67. The Morgan fingerprint density at radius 1 is 1.44 bits per heavy atom. The van der Waals surface area contributed by atoms with Crippen LogP contribution in [0.2, 0.25) is 0 Å². The molecular weight excluding hydrogens is 241 g/mol. The van der Waals surface area contributed by atoms with Crippen LogP contribution in [0.5, 0.6) is 5.75 Å². The zero-order chi connectivity index (χ0) is 12.3. The van der Waals surface area contributed by atoms with Gasteiger partial charge in [-0.3, -0.25) is 0 Å². The van der Waals surface area contributed by atoms with Crippen molar-refractivity contribution in [1.29, 1.82) is 0 Å². The SMILES string of the molecule is COc1ccc(C)c(CC(F)(F)C(F)Cl)c1. The van der Waals surface area contributed by atoms with Crippen molar-refractivity contribution in [2.45, 2.75) is 24.9 Å². The first-order chi connectivity index (χ1) is 7.36. The van der Waals surface area contributed by atoms with Crippen molar-refractivity contribution < 1.29 is 17.9 Å². The number of ether oxygens (including phenoxy) is 1. The van der Waals surface area contributed by atoms with Gasteiger partial charge in [0.1, 0.15) is 5.75 Å². The molecule has 0 radical (unpaired) electrons. The van der Waals surface area contributed by atoms with Gasteiger partial charge >= 0.3 is 0 Å². The van der Waals surface area contributed by atoms with Crippen molar-refractivity contribution in [3.05, 3.63) is 29.3 Å². The molecule has 16 heavy (non-hydrogen) atoms. The summed E-state index contributed by atoms with van der Waals surface area (Å²) in [6.07, 6.45) is -0.735. The first-order valence-corrected chi connectivity index (χ1v) is 5.10. The molecule has 0 N–H and O–H groups in total. The Morgan fingerprint density at radius 3 is 2.56 bits per heavy atom. The van der Waals surface area contributed by atoms with Crippen LogP contribution in [-0.2, 0) is 6.42 Å². The van der Waals surface area contributed by atoms with Gasteiger partial charge in [0.05, 0.1) is 7.11 Å². The van der Waals surface area contributed by atoms with Gasteiger partial charge in [-0.1, -0.05) is 17.7 Å². The smallest absolute Gasteiger partial charge is 0.296 e. The fourth-order valence-electron chi connectivity index (χ4n) is 1.30. The summed E-state index contributed by atoms with van der Waals surface area (Å²) in [7, 11) is 1.44. The third kappa shape index (κ3) is 3.04. The monoisotopic (exact) mass is 252 g/mol. The highest BCUT2D eigenvalue weighted by Gasteiger charge is 2.39. The van der Waals surface area contributed by atoms with Gasteiger partial charge in [-0.2, -0.15) is 0 Å². The first kappa shape index (κ1) is 13.2. The standard InChI is InChI=1S/C11H12ClF3O/c1-7-3-4-9(16-2)5-8(7)6-11(14,15)10(12)13/h3-5,10H,6H2,1-2H3. The molecule has 1 nitrogen and oxygen atoms in total. The maximum atomic E-state index is 13.1. The van der Waals surface area contributed by atoms with Gasteiger partial charge in [-0.25, -0.2) is 13.2 Å². The Morgan fingerprint density at radius 2 is 2.06 bits per heavy atom. The van der Waals surface area contributed by atoms with Crippen molar-refractivity contribution in [3.8, 4) is 5.75 Å². The molecule has 0 aromatic heterocycles. The van der Waals surface area contributed by atoms with E-state index in [0.29, 0.717) is 16.9 Å². The molecule has 0 heterocycles. The van der Waals surface area contributed by atoms with Crippen LogP contribution in [0.1, 0.15) is 11.1 Å². The van der Waals surface area contributed by atoms with Crippen molar-refractivity contribution >= 4 is 11.6 Å². The number of alkyl halides is 4. The number of halogens is 4. The molecule has 0 aliphatic carbocycles. The Balaban J connectivity index is 2.96. The first-order valence-electron chi connectivity index (χ1n) is 4.66. The predicted octanol–water partition coefficient (Wildman–Crippen LogP) is 3.72. The van der Waals surface area contributed by atoms with Crippen LogP contribution in [0.3, 0.4) is 0 Å². The van der Waals surface area contributed by atoms with Gasteiger partial charge in [-0.05, 0) is 30.2 Å². The van der Waals surface area contributed by atoms with E-state index in [1.807, 2.05) is 0 Å². The summed E-state index contributed by atoms with van der Waals surface area (Å²) in [6, 6.07) is 4.76. The van der Waals surface area contributed by atoms with Gasteiger partial charge < -0.3 is 4.74 Å². The van der Waals surface area contributed by atoms with Crippen molar-refractivity contribution in [1.82, 2.24) is 0 Å². The molecule has 0 fully saturated rings. The highest BCUT2D eigenvalue weighted by Crippen LogP contribution is 2.31. The fourth-order valence-corrected chi connectivity index (χ4v) is 1.37. The number of hydrogen-bond donors (Lipinski definition) is 0. The fraction of sp³-hybridized carbons (Fsp3) is 0.455. The second-order valence-electron chi connectivity index (χ2n) is 3.53. The quantitative estimate of drug-likeness (QED) is 0.742. The molecule has 0 aliphatic heterocycles. The number of aryl methyl sites for hydroxylation is 1. The Hall–Kier alpha value is -0.900. The summed E-state index contributed by atoms with van der Waals surface area (Å²) in [5.74, 6) is -3.11. The maximum absolute atomic E-state index is 13.1. The van der Waals surface area contributed by atoms with E-state index in [2.05, 4.69) is 0 Å². The molecule has 0 spiro atoms. The summed E-state index contributed by atoms with van der Waals surface area (Å²) < 4.78 is 43.6. The van der Waals surface area contributed by atoms with Crippen LogP contribution < -0.4 is 4.74 Å². The molecule has 90 valence electrons. The van der Waals surface area contributed by atoms with E-state index in [1.54, 1.807) is 19.1 Å². The number of hydrogen-bond acceptors (Lipinski definition) is 1. The predicted molar refractivity (Wildman–Crippen MR) is 57.1 cm³/mol. The van der Waals surface area contributed by atoms with Crippen molar-refractivity contribution in [3.63, 3.8) is 0 Å². The summed E-state index contributed by atoms with van der Waals surface area (Å²) in [4.78, 5) is 0. The van der Waals surface area contributed by atoms with Crippen molar-refractivity contribution in [2.24, 2.45) is 0 Å². The molecule has 1 atom stereocenters. The Labute approximate surface area is 97.2 Å². The summed E-state index contributed by atoms with van der Waals surface area (Å²) in [5, 5.41) is 0. The van der Waals surface area contributed by atoms with E-state index in [0.717, 1.165) is 0 Å². The van der Waals surface area contributed by atoms with Gasteiger partial charge in [0.2, 0.25) is 5.63 Å². The lowest BCUT2D eigenvalue weighted by Gasteiger charge is -2.17. The number of benzene rings is 1. The molecule has 5 heteroatoms. The summed E-state index contributed by atoms with van der Waals surface area (Å²) >= 11 is 4.80. The Kier molecular flexibility index (Phi) is 4.08. The average Bonchev–Trinajstić information content (AvgIpc) is 2.21. The van der Waals surface area contributed by atoms with Crippen LogP contribution in [0, 0.1) is 6.92 Å². The Bertz CT molecular complexity index is 366. The molecule has 1 rings (SSSR count). The molecule has 0 bridgehead atoms. The van der Waals surface area contributed by atoms with Crippen LogP contribution in [-0.4, -0.2) is 18.7 Å². The molecule has 0 amide bonds. The average molecular weight is 253 g/mol. The summed E-state index contributed by atoms with van der Waals surface area (Å²) in [5.41, 5.74) is -1.71. The number of rotatable bonds is 4. The molecule has 1 unspecified atom stereocenters. The third-order valence-corrected chi connectivity index (χ3v) is 2.62. The second-order valence-corrected chi connectivity index (χ2v) is 3.91. The molecule has 0 saturated carbocycles. The lowest BCUT2D eigenvalue weighted by atomic mass is 10.0. The normalized spacial score (nSPS) is 13.6. The van der Waals surface area contributed by atoms with E-state index < -0.39 is 18.0 Å². The minimum atomic E-state index is -3.57. The van der Waals surface area contributed by atoms with Gasteiger partial charge in [-0.15, -0.1) is 0 Å². The minimum Gasteiger partial charge on any atom is -0.497 e. The van der Waals surface area contributed by atoms with E-state index in [9.17, 15) is 13.2 Å². The van der Waals surface area contributed by atoms with Crippen LogP contribution >= 0.6 is 11.6 Å². The van der Waals surface area contributed by atoms with Crippen LogP contribution in [0.25, 0.3) is 0 Å². The highest BCUT2D eigenvalue weighted by molar-refractivity contribution is 6.20. The maximum Gasteiger partial charge on any atom is 0.296 e. The highest BCUT2D eigenvalue weighted by atomic mass is 35.5. The topological polar surface area (TPSA) is 9.23 Å². The lowest BCUT2D eigenvalue weighted by Crippen LogP contribution is -2.28. The third-order valence-electron chi connectivity index (χ3n) is 2.30. The van der Waals surface area contributed by atoms with E-state index in [-0.39, 0.29) is 0 Å². The molecule has 0 saturated heterocycles. The molecule has 1 aromatic carbocycles. The lowest BCUT2D eigenvalue weighted by molar-refractivity contribution is -0.0395. The zero-order valence-electron chi connectivity index (χ0n) is 8.94. The van der Waals surface area contributed by atoms with Crippen molar-refractivity contribution in [2.75, 3.05) is 7.11 Å². The minimum absolute atomic E-state index is 0.327. The van der Waals surface area contributed by atoms with Crippen LogP contribution in [0.15, 0.2) is 18.2 Å². The second kappa shape index (κ2) is 4.95. The van der Waals surface area contributed by atoms with E-state index in [1.165, 1.54) is 13.2 Å². The van der Waals surface area contributed by atoms with E-state index >= 15 is 0 Å². The van der Waals surface area contributed by atoms with Gasteiger partial charge in [0.25, 0.3) is 5.92 Å². The molecule has 1 aromatic rings. The van der Waals surface area contributed by atoms with E-state index in [4.69, 9.17) is 16.3 Å².